The molecule has 0 saturated heterocycles. The standard InChI is InChI=1S/C17H17FN2O4S/c1-12(21)13-5-3-8-16(9-13)25(23,24)20(2)11-17(22)19-15-7-4-6-14(18)10-15/h3-10H,11H2,1-2H3,(H,19,22). The maximum atomic E-state index is 13.1. The highest BCUT2D eigenvalue weighted by Crippen LogP contribution is 2.17. The highest BCUT2D eigenvalue weighted by molar-refractivity contribution is 7.89. The number of likely N-dealkylation sites (N-methyl/N-ethyl adjacent to an activating group) is 1. The molecule has 0 bridgehead atoms. The van der Waals surface area contributed by atoms with Crippen molar-refractivity contribution < 1.29 is 22.4 Å². The van der Waals surface area contributed by atoms with E-state index in [0.717, 1.165) is 10.4 Å². The van der Waals surface area contributed by atoms with Gasteiger partial charge in [0.25, 0.3) is 0 Å². The van der Waals surface area contributed by atoms with Crippen LogP contribution in [0.2, 0.25) is 0 Å². The van der Waals surface area contributed by atoms with E-state index in [4.69, 9.17) is 0 Å². The van der Waals surface area contributed by atoms with E-state index in [0.29, 0.717) is 0 Å². The van der Waals surface area contributed by atoms with Gasteiger partial charge in [-0.2, -0.15) is 4.31 Å². The Morgan fingerprint density at radius 1 is 1.12 bits per heavy atom. The average molecular weight is 364 g/mol. The van der Waals surface area contributed by atoms with Crippen molar-refractivity contribution in [1.82, 2.24) is 4.31 Å². The van der Waals surface area contributed by atoms with Crippen molar-refractivity contribution in [3.63, 3.8) is 0 Å². The maximum absolute atomic E-state index is 13.1. The van der Waals surface area contributed by atoms with E-state index in [-0.39, 0.29) is 21.9 Å². The summed E-state index contributed by atoms with van der Waals surface area (Å²) in [6.07, 6.45) is 0. The van der Waals surface area contributed by atoms with Gasteiger partial charge in [0.2, 0.25) is 15.9 Å². The monoisotopic (exact) mass is 364 g/mol. The number of hydrogen-bond donors (Lipinski definition) is 1. The van der Waals surface area contributed by atoms with E-state index >= 15 is 0 Å². The number of carbonyl (C=O) groups is 2. The van der Waals surface area contributed by atoms with Gasteiger partial charge in [0, 0.05) is 18.3 Å². The fourth-order valence-corrected chi connectivity index (χ4v) is 3.28. The van der Waals surface area contributed by atoms with Gasteiger partial charge in [0.1, 0.15) is 5.82 Å². The lowest BCUT2D eigenvalue weighted by atomic mass is 10.2. The SMILES string of the molecule is CC(=O)c1cccc(S(=O)(=O)N(C)CC(=O)Nc2cccc(F)c2)c1. The summed E-state index contributed by atoms with van der Waals surface area (Å²) in [6.45, 7) is 0.880. The van der Waals surface area contributed by atoms with Crippen molar-refractivity contribution in [3.05, 3.63) is 59.9 Å². The number of benzene rings is 2. The molecule has 1 amide bonds. The van der Waals surface area contributed by atoms with Crippen LogP contribution in [-0.4, -0.2) is 38.0 Å². The molecule has 1 N–H and O–H groups in total. The van der Waals surface area contributed by atoms with Crippen LogP contribution in [-0.2, 0) is 14.8 Å². The third-order valence-electron chi connectivity index (χ3n) is 3.42. The lowest BCUT2D eigenvalue weighted by molar-refractivity contribution is -0.116. The van der Waals surface area contributed by atoms with Crippen molar-refractivity contribution in [3.8, 4) is 0 Å². The van der Waals surface area contributed by atoms with Gasteiger partial charge >= 0.3 is 0 Å². The molecule has 0 unspecified atom stereocenters. The van der Waals surface area contributed by atoms with Crippen molar-refractivity contribution in [2.75, 3.05) is 18.9 Å². The summed E-state index contributed by atoms with van der Waals surface area (Å²) in [7, 11) is -2.69. The number of hydrogen-bond acceptors (Lipinski definition) is 4. The molecule has 25 heavy (non-hydrogen) atoms. The zero-order valence-electron chi connectivity index (χ0n) is 13.7. The predicted octanol–water partition coefficient (Wildman–Crippen LogP) is 2.29. The summed E-state index contributed by atoms with van der Waals surface area (Å²) < 4.78 is 39.0. The van der Waals surface area contributed by atoms with Gasteiger partial charge in [-0.1, -0.05) is 18.2 Å². The van der Waals surface area contributed by atoms with Crippen LogP contribution in [0.15, 0.2) is 53.4 Å². The first-order chi connectivity index (χ1) is 11.7. The Morgan fingerprint density at radius 2 is 1.80 bits per heavy atom. The molecule has 8 heteroatoms. The number of carbonyl (C=O) groups excluding carboxylic acids is 2. The predicted molar refractivity (Wildman–Crippen MR) is 91.3 cm³/mol. The fraction of sp³-hybridized carbons (Fsp3) is 0.176. The summed E-state index contributed by atoms with van der Waals surface area (Å²) in [5.74, 6) is -1.39. The van der Waals surface area contributed by atoms with Crippen molar-refractivity contribution >= 4 is 27.4 Å². The van der Waals surface area contributed by atoms with E-state index in [2.05, 4.69) is 5.32 Å². The molecule has 2 rings (SSSR count). The van der Waals surface area contributed by atoms with Gasteiger partial charge in [0.15, 0.2) is 5.78 Å². The molecule has 0 saturated carbocycles. The Bertz CT molecular complexity index is 912. The Balaban J connectivity index is 2.13. The van der Waals surface area contributed by atoms with Crippen LogP contribution in [0.4, 0.5) is 10.1 Å². The quantitative estimate of drug-likeness (QED) is 0.797. The maximum Gasteiger partial charge on any atom is 0.243 e. The molecule has 0 radical (unpaired) electrons. The van der Waals surface area contributed by atoms with Gasteiger partial charge in [-0.15, -0.1) is 0 Å². The number of amides is 1. The number of nitrogens with one attached hydrogen (secondary N) is 1. The number of nitrogens with zero attached hydrogens (tertiary/aromatic N) is 1. The average Bonchev–Trinajstić information content (AvgIpc) is 2.54. The Labute approximate surface area is 145 Å². The van der Waals surface area contributed by atoms with Gasteiger partial charge in [-0.3, -0.25) is 9.59 Å². The van der Waals surface area contributed by atoms with Gasteiger partial charge < -0.3 is 5.32 Å². The molecule has 0 aliphatic rings. The van der Waals surface area contributed by atoms with Crippen LogP contribution in [0.5, 0.6) is 0 Å². The third-order valence-corrected chi connectivity index (χ3v) is 5.22. The van der Waals surface area contributed by atoms with E-state index in [1.54, 1.807) is 0 Å². The molecule has 0 aliphatic heterocycles. The zero-order chi connectivity index (χ0) is 18.6. The van der Waals surface area contributed by atoms with Crippen LogP contribution >= 0.6 is 0 Å². The molecule has 0 fully saturated rings. The minimum absolute atomic E-state index is 0.0822. The second-order valence-corrected chi connectivity index (χ2v) is 7.45. The van der Waals surface area contributed by atoms with Crippen molar-refractivity contribution in [1.29, 1.82) is 0 Å². The number of halogens is 1. The second kappa shape index (κ2) is 7.54. The molecular formula is C17H17FN2O4S. The lowest BCUT2D eigenvalue weighted by Crippen LogP contribution is -2.35. The molecule has 0 spiro atoms. The zero-order valence-corrected chi connectivity index (χ0v) is 14.5. The molecule has 0 aromatic heterocycles. The third kappa shape index (κ3) is 4.71. The molecule has 0 atom stereocenters. The summed E-state index contributed by atoms with van der Waals surface area (Å²) in [4.78, 5) is 23.3. The molecule has 132 valence electrons. The van der Waals surface area contributed by atoms with Crippen molar-refractivity contribution in [2.24, 2.45) is 0 Å². The topological polar surface area (TPSA) is 83.6 Å². The Kier molecular flexibility index (Phi) is 5.66. The van der Waals surface area contributed by atoms with Crippen LogP contribution in [0.25, 0.3) is 0 Å². The minimum atomic E-state index is -3.94. The smallest absolute Gasteiger partial charge is 0.243 e. The second-order valence-electron chi connectivity index (χ2n) is 5.40. The summed E-state index contributed by atoms with van der Waals surface area (Å²) in [6, 6.07) is 10.9. The molecule has 6 nitrogen and oxygen atoms in total. The van der Waals surface area contributed by atoms with E-state index < -0.39 is 28.3 Å². The van der Waals surface area contributed by atoms with E-state index in [1.807, 2.05) is 0 Å². The first-order valence-corrected chi connectivity index (χ1v) is 8.77. The minimum Gasteiger partial charge on any atom is -0.325 e. The van der Waals surface area contributed by atoms with Crippen molar-refractivity contribution in [2.45, 2.75) is 11.8 Å². The van der Waals surface area contributed by atoms with E-state index in [1.165, 1.54) is 56.4 Å². The highest BCUT2D eigenvalue weighted by atomic mass is 32.2. The number of Topliss-reactive ketones (excluding diaryl/α,β-unsaturated/α-hetero) is 1. The number of sulfonamides is 1. The Morgan fingerprint density at radius 3 is 2.44 bits per heavy atom. The number of anilines is 1. The van der Waals surface area contributed by atoms with Crippen LogP contribution < -0.4 is 5.32 Å². The van der Waals surface area contributed by atoms with Crippen LogP contribution in [0.1, 0.15) is 17.3 Å². The van der Waals surface area contributed by atoms with Gasteiger partial charge in [-0.05, 0) is 37.3 Å². The van der Waals surface area contributed by atoms with Crippen LogP contribution in [0, 0.1) is 5.82 Å². The summed E-state index contributed by atoms with van der Waals surface area (Å²) in [5, 5.41) is 2.43. The first-order valence-electron chi connectivity index (χ1n) is 7.33. The molecule has 2 aromatic rings. The summed E-state index contributed by atoms with van der Waals surface area (Å²) >= 11 is 0. The number of ketones is 1. The molecule has 0 aliphatic carbocycles. The van der Waals surface area contributed by atoms with Gasteiger partial charge in [-0.25, -0.2) is 12.8 Å². The summed E-state index contributed by atoms with van der Waals surface area (Å²) in [5.41, 5.74) is 0.494. The molecule has 0 heterocycles. The normalized spacial score (nSPS) is 11.4. The largest absolute Gasteiger partial charge is 0.325 e. The first kappa shape index (κ1) is 18.8. The number of rotatable bonds is 6. The van der Waals surface area contributed by atoms with Gasteiger partial charge in [0.05, 0.1) is 11.4 Å². The molecule has 2 aromatic carbocycles. The Hall–Kier alpha value is -2.58. The highest BCUT2D eigenvalue weighted by Gasteiger charge is 2.23. The lowest BCUT2D eigenvalue weighted by Gasteiger charge is -2.17. The fourth-order valence-electron chi connectivity index (χ4n) is 2.11. The molecular weight excluding hydrogens is 347 g/mol. The van der Waals surface area contributed by atoms with E-state index in [9.17, 15) is 22.4 Å². The van der Waals surface area contributed by atoms with Crippen LogP contribution in [0.3, 0.4) is 0 Å².